The van der Waals surface area contributed by atoms with Gasteiger partial charge in [0.25, 0.3) is 0 Å². The molecule has 5 heteroatoms. The fourth-order valence-corrected chi connectivity index (χ4v) is 5.01. The van der Waals surface area contributed by atoms with E-state index in [1.165, 1.54) is 17.5 Å². The first-order chi connectivity index (χ1) is 11.5. The Morgan fingerprint density at radius 1 is 1.25 bits per heavy atom. The van der Waals surface area contributed by atoms with Gasteiger partial charge in [-0.25, -0.2) is 4.79 Å². The zero-order valence-corrected chi connectivity index (χ0v) is 13.9. The Morgan fingerprint density at radius 3 is 2.67 bits per heavy atom. The second-order valence-corrected chi connectivity index (χ2v) is 8.23. The maximum atomic E-state index is 12.8. The van der Waals surface area contributed by atoms with E-state index in [0.717, 1.165) is 25.9 Å². The van der Waals surface area contributed by atoms with Crippen molar-refractivity contribution in [1.82, 2.24) is 10.2 Å². The molecule has 4 aliphatic rings. The van der Waals surface area contributed by atoms with Gasteiger partial charge >= 0.3 is 6.09 Å². The maximum absolute atomic E-state index is 12.8. The number of cyclic esters (lactones) is 1. The smallest absolute Gasteiger partial charge is 0.407 e. The molecule has 24 heavy (non-hydrogen) atoms. The number of benzene rings is 1. The predicted octanol–water partition coefficient (Wildman–Crippen LogP) is 1.98. The number of rotatable bonds is 2. The molecule has 0 bridgehead atoms. The van der Waals surface area contributed by atoms with E-state index in [4.69, 9.17) is 4.74 Å². The largest absolute Gasteiger partial charge is 0.447 e. The van der Waals surface area contributed by atoms with E-state index in [1.54, 1.807) is 0 Å². The number of ether oxygens (including phenoxy) is 1. The lowest BCUT2D eigenvalue weighted by Gasteiger charge is -2.43. The molecular formula is C19H22N2O3. The van der Waals surface area contributed by atoms with E-state index in [2.05, 4.69) is 41.4 Å². The van der Waals surface area contributed by atoms with Crippen LogP contribution in [0, 0.1) is 18.8 Å². The van der Waals surface area contributed by atoms with Crippen molar-refractivity contribution in [3.63, 3.8) is 0 Å². The van der Waals surface area contributed by atoms with Gasteiger partial charge in [-0.15, -0.1) is 0 Å². The van der Waals surface area contributed by atoms with Crippen molar-refractivity contribution in [1.29, 1.82) is 0 Å². The van der Waals surface area contributed by atoms with Crippen LogP contribution in [0.25, 0.3) is 0 Å². The number of aryl methyl sites for hydroxylation is 1. The third-order valence-corrected chi connectivity index (χ3v) is 6.55. The second kappa shape index (κ2) is 4.52. The monoisotopic (exact) mass is 326 g/mol. The molecule has 2 amide bonds. The van der Waals surface area contributed by atoms with Crippen LogP contribution in [0.5, 0.6) is 0 Å². The van der Waals surface area contributed by atoms with Crippen LogP contribution in [-0.2, 0) is 14.9 Å². The number of hydrogen-bond donors (Lipinski definition) is 1. The lowest BCUT2D eigenvalue weighted by atomic mass is 9.68. The van der Waals surface area contributed by atoms with Gasteiger partial charge < -0.3 is 15.0 Å². The zero-order valence-electron chi connectivity index (χ0n) is 13.9. The topological polar surface area (TPSA) is 58.6 Å². The molecule has 1 N–H and O–H groups in total. The van der Waals surface area contributed by atoms with E-state index < -0.39 is 0 Å². The highest BCUT2D eigenvalue weighted by Gasteiger charge is 2.63. The zero-order chi connectivity index (χ0) is 16.5. The minimum Gasteiger partial charge on any atom is -0.447 e. The summed E-state index contributed by atoms with van der Waals surface area (Å²) in [5, 5.41) is 2.87. The Balaban J connectivity index is 1.25. The van der Waals surface area contributed by atoms with Gasteiger partial charge in [-0.05, 0) is 37.7 Å². The Hall–Kier alpha value is -2.04. The average Bonchev–Trinajstić information content (AvgIpc) is 2.90. The summed E-state index contributed by atoms with van der Waals surface area (Å²) in [7, 11) is 0. The van der Waals surface area contributed by atoms with Gasteiger partial charge in [-0.3, -0.25) is 4.79 Å². The van der Waals surface area contributed by atoms with Gasteiger partial charge in [0.2, 0.25) is 5.91 Å². The highest BCUT2D eigenvalue weighted by atomic mass is 16.6. The van der Waals surface area contributed by atoms with Crippen LogP contribution in [-0.4, -0.2) is 42.1 Å². The van der Waals surface area contributed by atoms with Crippen molar-refractivity contribution in [2.45, 2.75) is 37.1 Å². The van der Waals surface area contributed by atoms with Crippen LogP contribution >= 0.6 is 0 Å². The van der Waals surface area contributed by atoms with Crippen LogP contribution in [0.3, 0.4) is 0 Å². The molecule has 2 atom stereocenters. The van der Waals surface area contributed by atoms with Crippen molar-refractivity contribution in [2.24, 2.45) is 11.8 Å². The van der Waals surface area contributed by atoms with Gasteiger partial charge in [-0.2, -0.15) is 0 Å². The van der Waals surface area contributed by atoms with Gasteiger partial charge in [0.05, 0.1) is 5.54 Å². The third-order valence-electron chi connectivity index (χ3n) is 6.55. The molecule has 2 aliphatic heterocycles. The molecule has 0 aromatic heterocycles. The van der Waals surface area contributed by atoms with Crippen molar-refractivity contribution in [3.8, 4) is 0 Å². The summed E-state index contributed by atoms with van der Waals surface area (Å²) in [6.07, 6.45) is 2.30. The van der Waals surface area contributed by atoms with E-state index in [9.17, 15) is 9.59 Å². The van der Waals surface area contributed by atoms with Crippen LogP contribution in [0.4, 0.5) is 4.79 Å². The van der Waals surface area contributed by atoms with Crippen molar-refractivity contribution < 1.29 is 14.3 Å². The van der Waals surface area contributed by atoms with Gasteiger partial charge in [0.1, 0.15) is 6.61 Å². The molecule has 1 aromatic rings. The van der Waals surface area contributed by atoms with Crippen molar-refractivity contribution >= 4 is 12.0 Å². The number of carbonyl (C=O) groups is 2. The number of likely N-dealkylation sites (tertiary alicyclic amines) is 1. The predicted molar refractivity (Wildman–Crippen MR) is 87.5 cm³/mol. The number of piperidine rings is 1. The Morgan fingerprint density at radius 2 is 2.00 bits per heavy atom. The number of alkyl carbamates (subject to hydrolysis) is 1. The molecule has 2 saturated heterocycles. The molecule has 5 nitrogen and oxygen atoms in total. The van der Waals surface area contributed by atoms with E-state index in [0.29, 0.717) is 12.5 Å². The number of fused-ring (bicyclic) bond motifs is 1. The molecule has 1 spiro atoms. The molecule has 1 aromatic carbocycles. The number of hydrogen-bond acceptors (Lipinski definition) is 3. The Labute approximate surface area is 141 Å². The van der Waals surface area contributed by atoms with E-state index in [-0.39, 0.29) is 28.9 Å². The molecule has 2 saturated carbocycles. The van der Waals surface area contributed by atoms with Crippen LogP contribution in [0.2, 0.25) is 0 Å². The lowest BCUT2D eigenvalue weighted by molar-refractivity contribution is -0.140. The Kier molecular flexibility index (Phi) is 2.70. The summed E-state index contributed by atoms with van der Waals surface area (Å²) in [5.41, 5.74) is 2.60. The van der Waals surface area contributed by atoms with Crippen LogP contribution < -0.4 is 5.32 Å². The summed E-state index contributed by atoms with van der Waals surface area (Å²) in [4.78, 5) is 26.1. The highest BCUT2D eigenvalue weighted by Crippen LogP contribution is 2.59. The number of nitrogens with zero attached hydrogens (tertiary/aromatic N) is 1. The molecular weight excluding hydrogens is 304 g/mol. The standard InChI is InChI=1S/C19H22N2O3/c1-12-2-4-14(5-3-12)19-8-15(19)9-21(10-19)16(22)13-6-18(7-13)11-24-17(23)20-18/h2-5,13,15H,6-11H2,1H3,(H,20,23). The molecule has 2 aliphatic carbocycles. The van der Waals surface area contributed by atoms with E-state index in [1.807, 2.05) is 0 Å². The minimum absolute atomic E-state index is 0.0413. The third kappa shape index (κ3) is 1.93. The van der Waals surface area contributed by atoms with Gasteiger partial charge in [-0.1, -0.05) is 29.8 Å². The number of amides is 2. The normalized spacial score (nSPS) is 39.2. The molecule has 2 heterocycles. The first-order valence-corrected chi connectivity index (χ1v) is 8.81. The lowest BCUT2D eigenvalue weighted by Crippen LogP contribution is -2.58. The summed E-state index contributed by atoms with van der Waals surface area (Å²) in [6.45, 7) is 4.25. The van der Waals surface area contributed by atoms with Gasteiger partial charge in [0.15, 0.2) is 0 Å². The quantitative estimate of drug-likeness (QED) is 0.904. The molecule has 2 unspecified atom stereocenters. The summed E-state index contributed by atoms with van der Waals surface area (Å²) < 4.78 is 5.00. The molecule has 5 rings (SSSR count). The Bertz CT molecular complexity index is 723. The average molecular weight is 326 g/mol. The summed E-state index contributed by atoms with van der Waals surface area (Å²) in [6, 6.07) is 8.80. The first-order valence-electron chi connectivity index (χ1n) is 8.81. The molecule has 0 radical (unpaired) electrons. The molecule has 4 fully saturated rings. The molecule has 126 valence electrons. The first kappa shape index (κ1) is 14.3. The second-order valence-electron chi connectivity index (χ2n) is 8.23. The highest BCUT2D eigenvalue weighted by molar-refractivity contribution is 5.82. The van der Waals surface area contributed by atoms with Gasteiger partial charge in [0, 0.05) is 24.4 Å². The fourth-order valence-electron chi connectivity index (χ4n) is 5.01. The summed E-state index contributed by atoms with van der Waals surface area (Å²) in [5.74, 6) is 0.924. The van der Waals surface area contributed by atoms with E-state index >= 15 is 0 Å². The van der Waals surface area contributed by atoms with Crippen molar-refractivity contribution in [3.05, 3.63) is 35.4 Å². The maximum Gasteiger partial charge on any atom is 0.407 e. The number of nitrogens with one attached hydrogen (secondary N) is 1. The van der Waals surface area contributed by atoms with Crippen LogP contribution in [0.15, 0.2) is 24.3 Å². The SMILES string of the molecule is Cc1ccc(C23CC2CN(C(=O)C2CC4(COC(=O)N4)C2)C3)cc1. The van der Waals surface area contributed by atoms with Crippen LogP contribution in [0.1, 0.15) is 30.4 Å². The summed E-state index contributed by atoms with van der Waals surface area (Å²) >= 11 is 0. The fraction of sp³-hybridized carbons (Fsp3) is 0.579. The van der Waals surface area contributed by atoms with Crippen molar-refractivity contribution in [2.75, 3.05) is 19.7 Å². The number of carbonyl (C=O) groups excluding carboxylic acids is 2. The minimum atomic E-state index is -0.346.